The van der Waals surface area contributed by atoms with Gasteiger partial charge in [-0.05, 0) is 62.9 Å². The first-order chi connectivity index (χ1) is 16.7. The molecule has 0 saturated heterocycles. The van der Waals surface area contributed by atoms with E-state index in [0.29, 0.717) is 24.4 Å². The molecule has 8 heteroatoms. The summed E-state index contributed by atoms with van der Waals surface area (Å²) < 4.78 is 1.86. The van der Waals surface area contributed by atoms with Crippen LogP contribution in [0.4, 0.5) is 0 Å². The summed E-state index contributed by atoms with van der Waals surface area (Å²) in [6.45, 7) is 9.18. The first-order valence-electron chi connectivity index (χ1n) is 12.4. The normalized spacial score (nSPS) is 18.1. The highest BCUT2D eigenvalue weighted by Crippen LogP contribution is 2.41. The molecule has 1 aliphatic rings. The van der Waals surface area contributed by atoms with Gasteiger partial charge in [-0.25, -0.2) is 9.50 Å². The lowest BCUT2D eigenvalue weighted by Gasteiger charge is -2.41. The third-order valence-electron chi connectivity index (χ3n) is 7.71. The van der Waals surface area contributed by atoms with Gasteiger partial charge in [-0.3, -0.25) is 14.7 Å². The molecule has 0 aromatic carbocycles. The van der Waals surface area contributed by atoms with Crippen LogP contribution in [-0.2, 0) is 4.79 Å². The summed E-state index contributed by atoms with van der Waals surface area (Å²) in [6, 6.07) is 4.76. The van der Waals surface area contributed by atoms with E-state index in [2.05, 4.69) is 66.0 Å². The van der Waals surface area contributed by atoms with E-state index in [0.717, 1.165) is 52.0 Å². The van der Waals surface area contributed by atoms with E-state index in [9.17, 15) is 4.79 Å². The van der Waals surface area contributed by atoms with Crippen molar-refractivity contribution in [3.63, 3.8) is 0 Å². The van der Waals surface area contributed by atoms with E-state index in [1.807, 2.05) is 25.7 Å². The average Bonchev–Trinajstić information content (AvgIpc) is 3.39. The first-order valence-corrected chi connectivity index (χ1v) is 12.4. The zero-order valence-corrected chi connectivity index (χ0v) is 21.8. The van der Waals surface area contributed by atoms with Crippen LogP contribution in [0.5, 0.6) is 0 Å². The number of aromatic nitrogens is 5. The van der Waals surface area contributed by atoms with Gasteiger partial charge in [0.2, 0.25) is 5.91 Å². The van der Waals surface area contributed by atoms with Gasteiger partial charge in [0.15, 0.2) is 5.65 Å². The molecule has 1 N–H and O–H groups in total. The van der Waals surface area contributed by atoms with Crippen molar-refractivity contribution in [2.45, 2.75) is 58.4 Å². The molecule has 0 bridgehead atoms. The molecule has 8 nitrogen and oxygen atoms in total. The highest BCUT2D eigenvalue weighted by Gasteiger charge is 2.35. The van der Waals surface area contributed by atoms with Gasteiger partial charge in [-0.1, -0.05) is 13.8 Å². The Kier molecular flexibility index (Phi) is 5.87. The van der Waals surface area contributed by atoms with Gasteiger partial charge >= 0.3 is 0 Å². The van der Waals surface area contributed by atoms with Gasteiger partial charge in [-0.2, -0.15) is 5.10 Å². The molecule has 1 saturated carbocycles. The molecular weight excluding hydrogens is 438 g/mol. The summed E-state index contributed by atoms with van der Waals surface area (Å²) in [5.74, 6) is 0.881. The summed E-state index contributed by atoms with van der Waals surface area (Å²) in [4.78, 5) is 29.2. The fourth-order valence-corrected chi connectivity index (χ4v) is 5.23. The number of aromatic amines is 1. The molecule has 1 amide bonds. The Morgan fingerprint density at radius 2 is 1.91 bits per heavy atom. The van der Waals surface area contributed by atoms with Crippen molar-refractivity contribution in [1.29, 1.82) is 0 Å². The summed E-state index contributed by atoms with van der Waals surface area (Å²) in [6.07, 6.45) is 5.74. The fourth-order valence-electron chi connectivity index (χ4n) is 5.23. The monoisotopic (exact) mass is 473 g/mol. The first kappa shape index (κ1) is 23.5. The number of carbonyl (C=O) groups is 1. The molecule has 0 atom stereocenters. The van der Waals surface area contributed by atoms with Crippen molar-refractivity contribution < 1.29 is 4.79 Å². The molecule has 0 radical (unpaired) electrons. The maximum absolute atomic E-state index is 12.1. The number of fused-ring (bicyclic) bond motifs is 2. The molecule has 4 aromatic heterocycles. The van der Waals surface area contributed by atoms with Gasteiger partial charge in [0, 0.05) is 49.1 Å². The number of aryl methyl sites for hydroxylation is 1. The van der Waals surface area contributed by atoms with Gasteiger partial charge in [0.05, 0.1) is 23.3 Å². The number of carbonyl (C=O) groups excluding carboxylic acids is 1. The fraction of sp³-hybridized carbons (Fsp3) is 0.481. The molecule has 35 heavy (non-hydrogen) atoms. The Morgan fingerprint density at radius 1 is 1.17 bits per heavy atom. The van der Waals surface area contributed by atoms with Crippen molar-refractivity contribution in [3.05, 3.63) is 47.0 Å². The average molecular weight is 474 g/mol. The zero-order chi connectivity index (χ0) is 25.0. The number of hydrogen-bond acceptors (Lipinski definition) is 5. The van der Waals surface area contributed by atoms with Crippen molar-refractivity contribution in [2.24, 2.45) is 0 Å². The molecular formula is C27H35N7O. The van der Waals surface area contributed by atoms with Crippen LogP contribution in [0.25, 0.3) is 27.9 Å². The number of nitrogens with one attached hydrogen (secondary N) is 1. The molecule has 5 rings (SSSR count). The van der Waals surface area contributed by atoms with Crippen LogP contribution in [0.3, 0.4) is 0 Å². The van der Waals surface area contributed by atoms with Crippen LogP contribution >= 0.6 is 0 Å². The number of pyridine rings is 2. The van der Waals surface area contributed by atoms with Gasteiger partial charge in [0.1, 0.15) is 6.33 Å². The molecule has 184 valence electrons. The number of H-pyrrole nitrogens is 1. The van der Waals surface area contributed by atoms with E-state index in [1.54, 1.807) is 11.2 Å². The molecule has 0 aliphatic heterocycles. The summed E-state index contributed by atoms with van der Waals surface area (Å²) in [7, 11) is 5.66. The van der Waals surface area contributed by atoms with Crippen LogP contribution in [0.1, 0.15) is 60.9 Å². The van der Waals surface area contributed by atoms with Gasteiger partial charge in [0.25, 0.3) is 0 Å². The Morgan fingerprint density at radius 3 is 2.60 bits per heavy atom. The third kappa shape index (κ3) is 3.99. The van der Waals surface area contributed by atoms with Crippen LogP contribution < -0.4 is 0 Å². The van der Waals surface area contributed by atoms with Crippen molar-refractivity contribution in [1.82, 2.24) is 34.4 Å². The number of likely N-dealkylation sites (N-methyl/N-ethyl adjacent to an activating group) is 2. The number of nitrogens with zero attached hydrogens (tertiary/aromatic N) is 6. The second-order valence-corrected chi connectivity index (χ2v) is 10.5. The van der Waals surface area contributed by atoms with Crippen molar-refractivity contribution in [2.75, 3.05) is 27.7 Å². The second-order valence-electron chi connectivity index (χ2n) is 10.5. The smallest absolute Gasteiger partial charge is 0.236 e. The quantitative estimate of drug-likeness (QED) is 0.452. The predicted molar refractivity (Wildman–Crippen MR) is 139 cm³/mol. The largest absolute Gasteiger partial charge is 0.353 e. The summed E-state index contributed by atoms with van der Waals surface area (Å²) >= 11 is 0. The maximum atomic E-state index is 12.1. The highest BCUT2D eigenvalue weighted by atomic mass is 16.2. The van der Waals surface area contributed by atoms with E-state index in [4.69, 9.17) is 4.98 Å². The van der Waals surface area contributed by atoms with Gasteiger partial charge in [-0.15, -0.1) is 0 Å². The minimum atomic E-state index is 0.145. The molecule has 4 aromatic rings. The lowest BCUT2D eigenvalue weighted by atomic mass is 9.77. The summed E-state index contributed by atoms with van der Waals surface area (Å²) in [5.41, 5.74) is 10.0. The molecule has 0 unspecified atom stereocenters. The van der Waals surface area contributed by atoms with Crippen LogP contribution in [0.15, 0.2) is 24.7 Å². The second kappa shape index (κ2) is 8.75. The molecule has 4 heterocycles. The zero-order valence-electron chi connectivity index (χ0n) is 21.8. The topological polar surface area (TPSA) is 82.4 Å². The SMILES string of the molecule is Cc1c(-c2[nH]c3ccc(C4CC(N(C)CC(=O)N(C)C)C4)nc3c2C(C)C)cn2ncnc2c1C. The van der Waals surface area contributed by atoms with E-state index < -0.39 is 0 Å². The minimum Gasteiger partial charge on any atom is -0.353 e. The minimum absolute atomic E-state index is 0.145. The third-order valence-corrected chi connectivity index (χ3v) is 7.71. The molecule has 1 aliphatic carbocycles. The lowest BCUT2D eigenvalue weighted by molar-refractivity contribution is -0.130. The Balaban J connectivity index is 1.47. The van der Waals surface area contributed by atoms with E-state index >= 15 is 0 Å². The van der Waals surface area contributed by atoms with Crippen molar-refractivity contribution >= 4 is 22.6 Å². The predicted octanol–water partition coefficient (Wildman–Crippen LogP) is 4.28. The maximum Gasteiger partial charge on any atom is 0.236 e. The van der Waals surface area contributed by atoms with E-state index in [1.165, 1.54) is 11.1 Å². The van der Waals surface area contributed by atoms with Crippen molar-refractivity contribution in [3.8, 4) is 11.3 Å². The molecule has 0 spiro atoms. The number of rotatable bonds is 6. The van der Waals surface area contributed by atoms with Crippen LogP contribution in [0, 0.1) is 13.8 Å². The number of amides is 1. The Bertz CT molecular complexity index is 1410. The number of hydrogen-bond donors (Lipinski definition) is 1. The molecule has 1 fully saturated rings. The van der Waals surface area contributed by atoms with Crippen LogP contribution in [-0.4, -0.2) is 74.0 Å². The van der Waals surface area contributed by atoms with Gasteiger partial charge < -0.3 is 9.88 Å². The standard InChI is InChI=1S/C27H35N7O/c1-15(2)24-25(20-12-34-27(28-14-29-34)17(4)16(20)3)31-22-9-8-21(30-26(22)24)18-10-19(11-18)33(7)13-23(35)32(5)6/h8-9,12,14-15,18-19,31H,10-11,13H2,1-7H3. The lowest BCUT2D eigenvalue weighted by Crippen LogP contribution is -2.46. The highest BCUT2D eigenvalue weighted by molar-refractivity contribution is 5.89. The van der Waals surface area contributed by atoms with E-state index in [-0.39, 0.29) is 5.91 Å². The Hall–Kier alpha value is -3.26. The Labute approximate surface area is 206 Å². The van der Waals surface area contributed by atoms with Crippen LogP contribution in [0.2, 0.25) is 0 Å². The summed E-state index contributed by atoms with van der Waals surface area (Å²) in [5, 5.41) is 4.39.